The van der Waals surface area contributed by atoms with E-state index in [0.717, 1.165) is 6.07 Å². The molecule has 1 aliphatic rings. The molecule has 0 spiro atoms. The van der Waals surface area contributed by atoms with Crippen LogP contribution in [0.5, 0.6) is 0 Å². The van der Waals surface area contributed by atoms with Gasteiger partial charge in [-0.15, -0.1) is 0 Å². The van der Waals surface area contributed by atoms with Crippen molar-refractivity contribution in [3.05, 3.63) is 52.6 Å². The number of ether oxygens (including phenoxy) is 1. The smallest absolute Gasteiger partial charge is 0.399 e. The number of morpholine rings is 1. The van der Waals surface area contributed by atoms with E-state index in [1.165, 1.54) is 6.92 Å². The van der Waals surface area contributed by atoms with Gasteiger partial charge in [-0.25, -0.2) is 14.4 Å². The number of amides is 1. The molecule has 1 fully saturated rings. The van der Waals surface area contributed by atoms with E-state index in [-0.39, 0.29) is 23.0 Å². The van der Waals surface area contributed by atoms with E-state index in [0.29, 0.717) is 60.3 Å². The molecule has 12 heteroatoms. The largest absolute Gasteiger partial charge is 0.419 e. The number of carbonyl (C=O) groups excluding carboxylic acids is 1. The van der Waals surface area contributed by atoms with Crippen molar-refractivity contribution >= 4 is 34.0 Å². The van der Waals surface area contributed by atoms with Gasteiger partial charge in [-0.05, 0) is 38.1 Å². The minimum absolute atomic E-state index is 0.176. The van der Waals surface area contributed by atoms with Crippen LogP contribution in [0.1, 0.15) is 40.3 Å². The van der Waals surface area contributed by atoms with E-state index in [1.54, 1.807) is 31.0 Å². The summed E-state index contributed by atoms with van der Waals surface area (Å²) in [6.45, 7) is 5.01. The molecule has 1 saturated heterocycles. The number of nitrogens with two attached hydrogens (primary N) is 1. The van der Waals surface area contributed by atoms with E-state index in [2.05, 4.69) is 20.6 Å². The molecule has 4 N–H and O–H groups in total. The lowest BCUT2D eigenvalue weighted by molar-refractivity contribution is -0.140. The Kier molecular flexibility index (Phi) is 6.90. The number of alkyl halides is 3. The topological polar surface area (TPSA) is 105 Å². The summed E-state index contributed by atoms with van der Waals surface area (Å²) in [5.74, 6) is -0.934. The zero-order chi connectivity index (χ0) is 26.2. The molecule has 1 aromatic heterocycles. The van der Waals surface area contributed by atoms with Crippen LogP contribution >= 0.6 is 0 Å². The molecule has 36 heavy (non-hydrogen) atoms. The van der Waals surface area contributed by atoms with E-state index in [4.69, 9.17) is 10.5 Å². The number of aromatic nitrogens is 2. The van der Waals surface area contributed by atoms with Crippen LogP contribution < -0.4 is 16.4 Å². The molecule has 192 valence electrons. The Labute approximate surface area is 204 Å². The normalized spacial score (nSPS) is 15.1. The van der Waals surface area contributed by atoms with Gasteiger partial charge in [0, 0.05) is 42.5 Å². The third-order valence-electron chi connectivity index (χ3n) is 5.99. The predicted octanol–water partition coefficient (Wildman–Crippen LogP) is 4.37. The molecule has 0 bridgehead atoms. The molecule has 4 rings (SSSR count). The number of fused-ring (bicyclic) bond motifs is 1. The maximum absolute atomic E-state index is 14.8. The van der Waals surface area contributed by atoms with Crippen molar-refractivity contribution in [3.8, 4) is 0 Å². The summed E-state index contributed by atoms with van der Waals surface area (Å²) in [4.78, 5) is 23.7. The fourth-order valence-corrected chi connectivity index (χ4v) is 4.20. The highest BCUT2D eigenvalue weighted by Crippen LogP contribution is 2.37. The Morgan fingerprint density at radius 2 is 1.86 bits per heavy atom. The summed E-state index contributed by atoms with van der Waals surface area (Å²) in [5.41, 5.74) is 5.15. The highest BCUT2D eigenvalue weighted by Gasteiger charge is 2.36. The van der Waals surface area contributed by atoms with Crippen LogP contribution in [0.3, 0.4) is 0 Å². The lowest BCUT2D eigenvalue weighted by Gasteiger charge is -2.27. The van der Waals surface area contributed by atoms with Crippen LogP contribution in [0.25, 0.3) is 10.9 Å². The van der Waals surface area contributed by atoms with Gasteiger partial charge in [0.15, 0.2) is 0 Å². The summed E-state index contributed by atoms with van der Waals surface area (Å²) in [6.07, 6.45) is -4.89. The molecule has 1 aliphatic heterocycles. The highest BCUT2D eigenvalue weighted by molar-refractivity contribution is 6.05. The van der Waals surface area contributed by atoms with Crippen molar-refractivity contribution in [2.45, 2.75) is 26.1 Å². The third kappa shape index (κ3) is 4.99. The van der Waals surface area contributed by atoms with Crippen molar-refractivity contribution in [3.63, 3.8) is 0 Å². The number of hydrogen-bond acceptors (Lipinski definition) is 7. The van der Waals surface area contributed by atoms with Crippen molar-refractivity contribution in [1.82, 2.24) is 14.9 Å². The fourth-order valence-electron chi connectivity index (χ4n) is 4.20. The van der Waals surface area contributed by atoms with Gasteiger partial charge in [0.2, 0.25) is 0 Å². The number of carbonyl (C=O) groups is 1. The first-order chi connectivity index (χ1) is 17.0. The van der Waals surface area contributed by atoms with Crippen molar-refractivity contribution in [1.29, 1.82) is 0 Å². The molecular weight excluding hydrogens is 480 g/mol. The standard InChI is InChI=1S/C24H26F4N6O2/c1-12(15-8-14(29)9-18(21(15)25)24(26,27)28)31-22-16-10-19(30-3)17(11-20(16)32-13(2)33-22)23(35)34-4-6-36-7-5-34/h8-12,30H,4-7,29H2,1-3H3,(H,31,32,33). The van der Waals surface area contributed by atoms with Crippen LogP contribution in [0.2, 0.25) is 0 Å². The minimum atomic E-state index is -4.89. The van der Waals surface area contributed by atoms with Gasteiger partial charge in [-0.2, -0.15) is 13.2 Å². The second kappa shape index (κ2) is 9.76. The molecule has 0 saturated carbocycles. The van der Waals surface area contributed by atoms with Crippen LogP contribution in [0.4, 0.5) is 34.8 Å². The Hall–Kier alpha value is -3.67. The van der Waals surface area contributed by atoms with E-state index >= 15 is 0 Å². The summed E-state index contributed by atoms with van der Waals surface area (Å²) in [6, 6.07) is 4.15. The number of rotatable bonds is 5. The first kappa shape index (κ1) is 25.4. The third-order valence-corrected chi connectivity index (χ3v) is 5.99. The molecule has 0 aliphatic carbocycles. The van der Waals surface area contributed by atoms with Crippen LogP contribution in [-0.2, 0) is 10.9 Å². The Bertz CT molecular complexity index is 1310. The average molecular weight is 507 g/mol. The monoisotopic (exact) mass is 506 g/mol. The van der Waals surface area contributed by atoms with Gasteiger partial charge in [-0.3, -0.25) is 4.79 Å². The Balaban J connectivity index is 1.75. The second-order valence-electron chi connectivity index (χ2n) is 8.52. The highest BCUT2D eigenvalue weighted by atomic mass is 19.4. The number of aryl methyl sites for hydroxylation is 1. The molecule has 3 aromatic rings. The zero-order valence-corrected chi connectivity index (χ0v) is 20.0. The molecule has 1 atom stereocenters. The summed E-state index contributed by atoms with van der Waals surface area (Å²) >= 11 is 0. The van der Waals surface area contributed by atoms with Gasteiger partial charge < -0.3 is 26.0 Å². The Morgan fingerprint density at radius 1 is 1.17 bits per heavy atom. The molecule has 1 amide bonds. The molecule has 1 unspecified atom stereocenters. The molecule has 0 radical (unpaired) electrons. The van der Waals surface area contributed by atoms with E-state index in [1.807, 2.05) is 0 Å². The maximum Gasteiger partial charge on any atom is 0.419 e. The van der Waals surface area contributed by atoms with Crippen LogP contribution in [0.15, 0.2) is 24.3 Å². The number of halogens is 4. The van der Waals surface area contributed by atoms with Crippen molar-refractivity contribution in [2.24, 2.45) is 0 Å². The predicted molar refractivity (Wildman–Crippen MR) is 128 cm³/mol. The summed E-state index contributed by atoms with van der Waals surface area (Å²) < 4.78 is 60.0. The number of nitrogens with one attached hydrogen (secondary N) is 2. The van der Waals surface area contributed by atoms with Crippen molar-refractivity contribution in [2.75, 3.05) is 49.7 Å². The molecular formula is C24H26F4N6O2. The molecule has 2 aromatic carbocycles. The molecule has 2 heterocycles. The minimum Gasteiger partial charge on any atom is -0.399 e. The number of benzene rings is 2. The zero-order valence-electron chi connectivity index (χ0n) is 20.0. The average Bonchev–Trinajstić information content (AvgIpc) is 2.83. The van der Waals surface area contributed by atoms with Gasteiger partial charge in [0.05, 0.1) is 35.9 Å². The molecule has 8 nitrogen and oxygen atoms in total. The fraction of sp³-hybridized carbons (Fsp3) is 0.375. The van der Waals surface area contributed by atoms with Gasteiger partial charge in [0.25, 0.3) is 5.91 Å². The second-order valence-corrected chi connectivity index (χ2v) is 8.52. The summed E-state index contributed by atoms with van der Waals surface area (Å²) in [5, 5.41) is 6.52. The van der Waals surface area contributed by atoms with Gasteiger partial charge in [-0.1, -0.05) is 0 Å². The SMILES string of the molecule is CNc1cc2c(NC(C)c3cc(N)cc(C(F)(F)F)c3F)nc(C)nc2cc1C(=O)N1CCOCC1. The van der Waals surface area contributed by atoms with Gasteiger partial charge >= 0.3 is 6.18 Å². The lowest BCUT2D eigenvalue weighted by Crippen LogP contribution is -2.40. The quantitative estimate of drug-likeness (QED) is 0.349. The van der Waals surface area contributed by atoms with Crippen molar-refractivity contribution < 1.29 is 27.1 Å². The number of nitrogen functional groups attached to an aromatic ring is 1. The van der Waals surface area contributed by atoms with Gasteiger partial charge in [0.1, 0.15) is 17.5 Å². The van der Waals surface area contributed by atoms with Crippen LogP contribution in [0, 0.1) is 12.7 Å². The Morgan fingerprint density at radius 3 is 2.50 bits per heavy atom. The number of anilines is 3. The number of nitrogens with zero attached hydrogens (tertiary/aromatic N) is 3. The maximum atomic E-state index is 14.8. The van der Waals surface area contributed by atoms with Crippen LogP contribution in [-0.4, -0.2) is 54.1 Å². The summed E-state index contributed by atoms with van der Waals surface area (Å²) in [7, 11) is 1.67. The first-order valence-corrected chi connectivity index (χ1v) is 11.3. The van der Waals surface area contributed by atoms with E-state index in [9.17, 15) is 22.4 Å². The lowest BCUT2D eigenvalue weighted by atomic mass is 10.0. The van der Waals surface area contributed by atoms with E-state index < -0.39 is 23.6 Å². The number of hydrogen-bond donors (Lipinski definition) is 3. The first-order valence-electron chi connectivity index (χ1n) is 11.3.